The molecule has 1 amide bonds. The van der Waals surface area contributed by atoms with Crippen molar-refractivity contribution in [1.82, 2.24) is 9.88 Å². The first-order valence-corrected chi connectivity index (χ1v) is 12.5. The molecule has 2 aromatic carbocycles. The quantitative estimate of drug-likeness (QED) is 0.264. The van der Waals surface area contributed by atoms with Crippen molar-refractivity contribution in [3.05, 3.63) is 65.4 Å². The molecule has 1 aromatic heterocycles. The molecule has 1 aliphatic rings. The Hall–Kier alpha value is -2.99. The zero-order valence-corrected chi connectivity index (χ0v) is 22.0. The van der Waals surface area contributed by atoms with Crippen LogP contribution in [-0.2, 0) is 16.7 Å². The molecular weight excluding hydrogens is 492 g/mol. The third kappa shape index (κ3) is 5.03. The summed E-state index contributed by atoms with van der Waals surface area (Å²) in [5, 5.41) is 54.2. The van der Waals surface area contributed by atoms with Gasteiger partial charge in [-0.1, -0.05) is 45.0 Å². The van der Waals surface area contributed by atoms with Gasteiger partial charge in [0.25, 0.3) is 5.91 Å². The molecule has 206 valence electrons. The number of hydrogen-bond donors (Lipinski definition) is 6. The van der Waals surface area contributed by atoms with E-state index in [1.54, 1.807) is 25.4 Å². The zero-order chi connectivity index (χ0) is 27.8. The molecule has 0 aliphatic carbocycles. The molecule has 4 rings (SSSR count). The molecule has 0 spiro atoms. The van der Waals surface area contributed by atoms with Crippen LogP contribution in [0.15, 0.2) is 48.7 Å². The van der Waals surface area contributed by atoms with Gasteiger partial charge in [0, 0.05) is 24.2 Å². The summed E-state index contributed by atoms with van der Waals surface area (Å²) in [6.07, 6.45) is -4.98. The van der Waals surface area contributed by atoms with Gasteiger partial charge in [0.2, 0.25) is 0 Å². The summed E-state index contributed by atoms with van der Waals surface area (Å²) in [7, 11) is 1.55. The van der Waals surface area contributed by atoms with E-state index in [-0.39, 0.29) is 11.0 Å². The number of carbonyl (C=O) groups is 1. The third-order valence-electron chi connectivity index (χ3n) is 7.24. The number of amides is 1. The second-order valence-electron chi connectivity index (χ2n) is 10.8. The van der Waals surface area contributed by atoms with Crippen molar-refractivity contribution >= 4 is 16.8 Å². The monoisotopic (exact) mass is 528 g/mol. The van der Waals surface area contributed by atoms with Crippen LogP contribution in [-0.4, -0.2) is 86.5 Å². The largest absolute Gasteiger partial charge is 0.497 e. The smallest absolute Gasteiger partial charge is 0.254 e. The van der Waals surface area contributed by atoms with Gasteiger partial charge in [-0.3, -0.25) is 4.79 Å². The average Bonchev–Trinajstić information content (AvgIpc) is 3.25. The lowest BCUT2D eigenvalue weighted by Gasteiger charge is -2.48. The number of ether oxygens (including phenoxy) is 2. The molecular formula is C28H36N2O8. The van der Waals surface area contributed by atoms with E-state index in [1.807, 2.05) is 22.8 Å². The van der Waals surface area contributed by atoms with Gasteiger partial charge in [0.1, 0.15) is 29.6 Å². The summed E-state index contributed by atoms with van der Waals surface area (Å²) in [5.74, 6) is -0.100. The fourth-order valence-corrected chi connectivity index (χ4v) is 4.84. The zero-order valence-electron chi connectivity index (χ0n) is 22.0. The molecule has 2 heterocycles. The highest BCUT2D eigenvalue weighted by Crippen LogP contribution is 2.32. The van der Waals surface area contributed by atoms with Crippen LogP contribution < -0.4 is 10.1 Å². The van der Waals surface area contributed by atoms with Gasteiger partial charge in [0.05, 0.1) is 31.4 Å². The number of fused-ring (bicyclic) bond motifs is 1. The first-order chi connectivity index (χ1) is 17.9. The molecule has 6 N–H and O–H groups in total. The molecule has 10 heteroatoms. The molecule has 38 heavy (non-hydrogen) atoms. The lowest BCUT2D eigenvalue weighted by atomic mass is 9.83. The van der Waals surface area contributed by atoms with Crippen molar-refractivity contribution in [2.45, 2.75) is 62.9 Å². The first kappa shape index (κ1) is 28.0. The van der Waals surface area contributed by atoms with Crippen LogP contribution in [0, 0.1) is 0 Å². The van der Waals surface area contributed by atoms with Crippen molar-refractivity contribution in [2.24, 2.45) is 0 Å². The molecule has 3 aromatic rings. The van der Waals surface area contributed by atoms with Crippen LogP contribution >= 0.6 is 0 Å². The number of hydrogen-bond acceptors (Lipinski definition) is 8. The molecule has 0 bridgehead atoms. The normalized spacial score (nSPS) is 25.9. The van der Waals surface area contributed by atoms with Gasteiger partial charge in [0.15, 0.2) is 6.29 Å². The van der Waals surface area contributed by atoms with E-state index in [9.17, 15) is 30.3 Å². The van der Waals surface area contributed by atoms with Crippen molar-refractivity contribution in [1.29, 1.82) is 0 Å². The van der Waals surface area contributed by atoms with Gasteiger partial charge in [-0.05, 0) is 28.7 Å². The number of aromatic nitrogens is 1. The summed E-state index contributed by atoms with van der Waals surface area (Å²) >= 11 is 0. The molecule has 10 nitrogen and oxygen atoms in total. The van der Waals surface area contributed by atoms with Crippen molar-refractivity contribution < 1.29 is 39.8 Å². The second-order valence-corrected chi connectivity index (χ2v) is 10.8. The molecule has 5 atom stereocenters. The number of rotatable bonds is 7. The molecule has 1 fully saturated rings. The number of aliphatic hydroxyl groups excluding tert-OH is 5. The Morgan fingerprint density at radius 3 is 2.50 bits per heavy atom. The van der Waals surface area contributed by atoms with E-state index >= 15 is 0 Å². The minimum absolute atomic E-state index is 0.0367. The van der Waals surface area contributed by atoms with Gasteiger partial charge >= 0.3 is 0 Å². The van der Waals surface area contributed by atoms with Crippen LogP contribution in [0.1, 0.15) is 42.3 Å². The maximum atomic E-state index is 13.6. The average molecular weight is 529 g/mol. The Morgan fingerprint density at radius 2 is 1.87 bits per heavy atom. The van der Waals surface area contributed by atoms with Crippen LogP contribution in [0.25, 0.3) is 10.9 Å². The lowest BCUT2D eigenvalue weighted by molar-refractivity contribution is -0.288. The summed E-state index contributed by atoms with van der Waals surface area (Å²) in [5.41, 5.74) is 0.984. The van der Waals surface area contributed by atoms with Crippen molar-refractivity contribution in [3.63, 3.8) is 0 Å². The fourth-order valence-electron chi connectivity index (χ4n) is 4.84. The maximum Gasteiger partial charge on any atom is 0.254 e. The Balaban J connectivity index is 1.73. The minimum Gasteiger partial charge on any atom is -0.497 e. The van der Waals surface area contributed by atoms with E-state index in [4.69, 9.17) is 9.47 Å². The Bertz CT molecular complexity index is 1300. The predicted molar refractivity (Wildman–Crippen MR) is 140 cm³/mol. The Labute approximate surface area is 221 Å². The number of carbonyl (C=O) groups excluding carboxylic acids is 1. The van der Waals surface area contributed by atoms with Gasteiger partial charge in [-0.2, -0.15) is 0 Å². The number of nitrogens with zero attached hydrogens (tertiary/aromatic N) is 1. The maximum absolute atomic E-state index is 13.6. The number of nitrogens with one attached hydrogen (secondary N) is 1. The highest BCUT2D eigenvalue weighted by molar-refractivity contribution is 6.07. The summed E-state index contributed by atoms with van der Waals surface area (Å²) in [6.45, 7) is 5.27. The topological polar surface area (TPSA) is 154 Å². The number of methoxy groups -OCH3 is 1. The predicted octanol–water partition coefficient (Wildman–Crippen LogP) is 0.888. The second kappa shape index (κ2) is 10.6. The lowest BCUT2D eigenvalue weighted by Crippen LogP contribution is -2.74. The van der Waals surface area contributed by atoms with Crippen LogP contribution in [0.4, 0.5) is 0 Å². The van der Waals surface area contributed by atoms with E-state index in [0.717, 1.165) is 11.1 Å². The van der Waals surface area contributed by atoms with E-state index in [1.165, 1.54) is 5.56 Å². The van der Waals surface area contributed by atoms with E-state index < -0.39 is 49.3 Å². The molecule has 0 radical (unpaired) electrons. The minimum atomic E-state index is -2.12. The molecule has 1 aliphatic heterocycles. The third-order valence-corrected chi connectivity index (χ3v) is 7.24. The molecule has 0 saturated carbocycles. The SMILES string of the molecule is COc1ccc2c(C(=O)N[C@@]3(CO)C(O)O[C@H](CO)[C@@H](O)[C@@H]3O)cn(Cc3cccc(C(C)(C)C)c3)c2c1. The van der Waals surface area contributed by atoms with Crippen molar-refractivity contribution in [2.75, 3.05) is 20.3 Å². The molecule has 1 saturated heterocycles. The van der Waals surface area contributed by atoms with Crippen LogP contribution in [0.5, 0.6) is 5.75 Å². The standard InChI is InChI=1S/C28H36N2O8/c1-27(2,3)17-7-5-6-16(10-17)12-30-13-20(19-9-8-18(37-4)11-21(19)30)25(35)29-28(15-32)24(34)23(33)22(14-31)38-26(28)36/h5-11,13,22-24,26,31-34,36H,12,14-15H2,1-4H3,(H,29,35)/t22-,23-,24+,26?,28-/m1/s1. The highest BCUT2D eigenvalue weighted by atomic mass is 16.6. The Morgan fingerprint density at radius 1 is 1.13 bits per heavy atom. The number of aliphatic hydroxyl groups is 5. The van der Waals surface area contributed by atoms with Gasteiger partial charge in [-0.25, -0.2) is 0 Å². The van der Waals surface area contributed by atoms with E-state index in [2.05, 4.69) is 38.2 Å². The summed E-state index contributed by atoms with van der Waals surface area (Å²) in [6, 6.07) is 13.5. The van der Waals surface area contributed by atoms with Crippen LogP contribution in [0.3, 0.4) is 0 Å². The number of benzene rings is 2. The summed E-state index contributed by atoms with van der Waals surface area (Å²) in [4.78, 5) is 13.6. The van der Waals surface area contributed by atoms with Gasteiger partial charge < -0.3 is 44.9 Å². The fraction of sp³-hybridized carbons (Fsp3) is 0.464. The van der Waals surface area contributed by atoms with E-state index in [0.29, 0.717) is 17.7 Å². The summed E-state index contributed by atoms with van der Waals surface area (Å²) < 4.78 is 12.5. The van der Waals surface area contributed by atoms with Gasteiger partial charge in [-0.15, -0.1) is 0 Å². The molecule has 1 unspecified atom stereocenters. The van der Waals surface area contributed by atoms with Crippen LogP contribution in [0.2, 0.25) is 0 Å². The van der Waals surface area contributed by atoms with Crippen molar-refractivity contribution in [3.8, 4) is 5.75 Å². The Kier molecular flexibility index (Phi) is 7.85. The highest BCUT2D eigenvalue weighted by Gasteiger charge is 2.56. The first-order valence-electron chi connectivity index (χ1n) is 12.5.